The summed E-state index contributed by atoms with van der Waals surface area (Å²) in [7, 11) is -2.50. The predicted molar refractivity (Wildman–Crippen MR) is 122 cm³/mol. The summed E-state index contributed by atoms with van der Waals surface area (Å²) in [5, 5.41) is 0.564. The Hall–Kier alpha value is -2.45. The lowest BCUT2D eigenvalue weighted by atomic mass is 10.0. The summed E-state index contributed by atoms with van der Waals surface area (Å²) in [6.45, 7) is 5.58. The second-order valence-electron chi connectivity index (χ2n) is 6.92. The van der Waals surface area contributed by atoms with Crippen LogP contribution >= 0.6 is 15.9 Å². The Bertz CT molecular complexity index is 1270. The minimum atomic E-state index is -3.88. The minimum Gasteiger partial charge on any atom is -0.493 e. The van der Waals surface area contributed by atoms with Gasteiger partial charge in [0.15, 0.2) is 17.2 Å². The largest absolute Gasteiger partial charge is 0.493 e. The SMILES string of the molecule is CC/C(=C\C=C(C)C)S(=O)(=O)n1cc(-c2cccc(F)c2OC)c2cc(Br)cnc21. The number of aromatic nitrogens is 2. The molecule has 1 aromatic carbocycles. The van der Waals surface area contributed by atoms with Crippen molar-refractivity contribution in [3.05, 3.63) is 69.6 Å². The van der Waals surface area contributed by atoms with E-state index in [4.69, 9.17) is 4.74 Å². The molecule has 0 saturated heterocycles. The van der Waals surface area contributed by atoms with Crippen molar-refractivity contribution in [1.29, 1.82) is 0 Å². The summed E-state index contributed by atoms with van der Waals surface area (Å²) in [6.07, 6.45) is 6.70. The lowest BCUT2D eigenvalue weighted by Gasteiger charge is -2.09. The van der Waals surface area contributed by atoms with E-state index in [0.29, 0.717) is 27.4 Å². The minimum absolute atomic E-state index is 0.0460. The normalized spacial score (nSPS) is 12.3. The topological polar surface area (TPSA) is 61.2 Å². The Balaban J connectivity index is 2.36. The molecular formula is C22H22BrFN2O3S. The Morgan fingerprint density at radius 2 is 2.00 bits per heavy atom. The van der Waals surface area contributed by atoms with E-state index < -0.39 is 15.8 Å². The van der Waals surface area contributed by atoms with E-state index >= 15 is 0 Å². The van der Waals surface area contributed by atoms with Gasteiger partial charge in [-0.25, -0.2) is 21.8 Å². The van der Waals surface area contributed by atoms with Crippen LogP contribution in [-0.2, 0) is 10.0 Å². The highest BCUT2D eigenvalue weighted by Crippen LogP contribution is 2.39. The average molecular weight is 493 g/mol. The first-order valence-electron chi connectivity index (χ1n) is 9.29. The van der Waals surface area contributed by atoms with Crippen LogP contribution in [0, 0.1) is 5.82 Å². The number of methoxy groups -OCH3 is 1. The molecule has 2 heterocycles. The van der Waals surface area contributed by atoms with Crippen LogP contribution in [0.15, 0.2) is 63.8 Å². The van der Waals surface area contributed by atoms with Crippen molar-refractivity contribution >= 4 is 37.0 Å². The Morgan fingerprint density at radius 3 is 2.63 bits per heavy atom. The van der Waals surface area contributed by atoms with Crippen molar-refractivity contribution < 1.29 is 17.5 Å². The molecule has 8 heteroatoms. The molecule has 0 N–H and O–H groups in total. The van der Waals surface area contributed by atoms with Crippen molar-refractivity contribution in [2.45, 2.75) is 27.2 Å². The number of pyridine rings is 1. The molecular weight excluding hydrogens is 471 g/mol. The lowest BCUT2D eigenvalue weighted by Crippen LogP contribution is -2.14. The number of nitrogens with zero attached hydrogens (tertiary/aromatic N) is 2. The average Bonchev–Trinajstić information content (AvgIpc) is 3.07. The standard InChI is InChI=1S/C22H22BrFN2O3S/c1-5-16(10-9-14(2)3)30(27,28)26-13-19(18-11-15(23)12-25-22(18)26)17-7-6-8-20(24)21(17)29-4/h6-13H,5H2,1-4H3/b16-10+. The van der Waals surface area contributed by atoms with Gasteiger partial charge in [0.05, 0.1) is 12.0 Å². The van der Waals surface area contributed by atoms with Gasteiger partial charge in [-0.1, -0.05) is 30.7 Å². The molecule has 2 aromatic heterocycles. The van der Waals surface area contributed by atoms with Gasteiger partial charge in [0, 0.05) is 33.4 Å². The summed E-state index contributed by atoms with van der Waals surface area (Å²) in [5.41, 5.74) is 2.20. The van der Waals surface area contributed by atoms with Gasteiger partial charge in [0.25, 0.3) is 10.0 Å². The maximum atomic E-state index is 14.3. The number of rotatable bonds is 6. The fourth-order valence-electron chi connectivity index (χ4n) is 3.15. The van der Waals surface area contributed by atoms with Gasteiger partial charge >= 0.3 is 0 Å². The molecule has 0 aliphatic heterocycles. The van der Waals surface area contributed by atoms with Crippen LogP contribution in [0.2, 0.25) is 0 Å². The zero-order valence-corrected chi connectivity index (χ0v) is 19.5. The predicted octanol–water partition coefficient (Wildman–Crippen LogP) is 6.05. The number of benzene rings is 1. The second-order valence-corrected chi connectivity index (χ2v) is 9.70. The van der Waals surface area contributed by atoms with E-state index in [-0.39, 0.29) is 16.3 Å². The maximum absolute atomic E-state index is 14.3. The molecule has 3 aromatic rings. The van der Waals surface area contributed by atoms with Crippen molar-refractivity contribution in [2.75, 3.05) is 7.11 Å². The Kier molecular flexibility index (Phi) is 6.47. The number of fused-ring (bicyclic) bond motifs is 1. The summed E-state index contributed by atoms with van der Waals surface area (Å²) >= 11 is 3.39. The van der Waals surface area contributed by atoms with Crippen LogP contribution in [0.3, 0.4) is 0 Å². The van der Waals surface area contributed by atoms with Crippen molar-refractivity contribution in [1.82, 2.24) is 8.96 Å². The molecule has 0 atom stereocenters. The third-order valence-corrected chi connectivity index (χ3v) is 6.90. The molecule has 0 fully saturated rings. The number of hydrogen-bond donors (Lipinski definition) is 0. The Labute approximate surface area is 184 Å². The number of ether oxygens (including phenoxy) is 1. The maximum Gasteiger partial charge on any atom is 0.265 e. The number of para-hydroxylation sites is 1. The second kappa shape index (κ2) is 8.73. The zero-order chi connectivity index (χ0) is 22.1. The smallest absolute Gasteiger partial charge is 0.265 e. The summed E-state index contributed by atoms with van der Waals surface area (Å²) in [4.78, 5) is 4.60. The van der Waals surface area contributed by atoms with Gasteiger partial charge in [-0.05, 0) is 54.4 Å². The third-order valence-electron chi connectivity index (χ3n) is 4.58. The first-order chi connectivity index (χ1) is 14.2. The van der Waals surface area contributed by atoms with Crippen LogP contribution in [0.5, 0.6) is 5.75 Å². The molecule has 3 rings (SSSR count). The summed E-state index contributed by atoms with van der Waals surface area (Å²) in [5.74, 6) is -0.482. The molecule has 30 heavy (non-hydrogen) atoms. The van der Waals surface area contributed by atoms with Gasteiger partial charge in [-0.3, -0.25) is 0 Å². The van der Waals surface area contributed by atoms with E-state index in [1.807, 2.05) is 13.8 Å². The molecule has 0 bridgehead atoms. The molecule has 0 radical (unpaired) electrons. The fraction of sp³-hybridized carbons (Fsp3) is 0.227. The van der Waals surface area contributed by atoms with E-state index in [0.717, 1.165) is 9.55 Å². The van der Waals surface area contributed by atoms with Gasteiger partial charge in [-0.2, -0.15) is 0 Å². The van der Waals surface area contributed by atoms with Crippen molar-refractivity contribution in [3.63, 3.8) is 0 Å². The number of halogens is 2. The van der Waals surface area contributed by atoms with Crippen LogP contribution in [0.25, 0.3) is 22.2 Å². The van der Waals surface area contributed by atoms with Gasteiger partial charge in [0.1, 0.15) is 0 Å². The summed E-state index contributed by atoms with van der Waals surface area (Å²) in [6, 6.07) is 6.31. The zero-order valence-electron chi connectivity index (χ0n) is 17.1. The quantitative estimate of drug-likeness (QED) is 0.392. The first kappa shape index (κ1) is 22.2. The fourth-order valence-corrected chi connectivity index (χ4v) is 4.96. The highest BCUT2D eigenvalue weighted by atomic mass is 79.9. The molecule has 0 aliphatic rings. The van der Waals surface area contributed by atoms with Gasteiger partial charge in [-0.15, -0.1) is 0 Å². The van der Waals surface area contributed by atoms with Crippen LogP contribution in [-0.4, -0.2) is 24.5 Å². The molecule has 158 valence electrons. The molecule has 0 amide bonds. The highest BCUT2D eigenvalue weighted by Gasteiger charge is 2.25. The van der Waals surface area contributed by atoms with E-state index in [2.05, 4.69) is 20.9 Å². The number of allylic oxidation sites excluding steroid dienone is 4. The molecule has 0 aliphatic carbocycles. The van der Waals surface area contributed by atoms with Gasteiger partial charge < -0.3 is 4.74 Å². The monoisotopic (exact) mass is 492 g/mol. The summed E-state index contributed by atoms with van der Waals surface area (Å²) < 4.78 is 48.3. The molecule has 5 nitrogen and oxygen atoms in total. The van der Waals surface area contributed by atoms with Crippen molar-refractivity contribution in [2.24, 2.45) is 0 Å². The number of hydrogen-bond acceptors (Lipinski definition) is 4. The molecule has 0 saturated carbocycles. The van der Waals surface area contributed by atoms with E-state index in [1.54, 1.807) is 37.3 Å². The van der Waals surface area contributed by atoms with E-state index in [9.17, 15) is 12.8 Å². The third kappa shape index (κ3) is 4.06. The molecule has 0 unspecified atom stereocenters. The highest BCUT2D eigenvalue weighted by molar-refractivity contribution is 9.10. The van der Waals surface area contributed by atoms with Crippen LogP contribution < -0.4 is 4.74 Å². The molecule has 0 spiro atoms. The Morgan fingerprint density at radius 1 is 1.27 bits per heavy atom. The van der Waals surface area contributed by atoms with Gasteiger partial charge in [0.2, 0.25) is 0 Å². The van der Waals surface area contributed by atoms with E-state index in [1.165, 1.54) is 25.6 Å². The lowest BCUT2D eigenvalue weighted by molar-refractivity contribution is 0.388. The van der Waals surface area contributed by atoms with Crippen LogP contribution in [0.4, 0.5) is 4.39 Å². The van der Waals surface area contributed by atoms with Crippen LogP contribution in [0.1, 0.15) is 27.2 Å². The first-order valence-corrected chi connectivity index (χ1v) is 11.5. The van der Waals surface area contributed by atoms with Crippen molar-refractivity contribution in [3.8, 4) is 16.9 Å².